The molecule has 0 spiro atoms. The molecule has 2 nitrogen and oxygen atoms in total. The Morgan fingerprint density at radius 2 is 1.81 bits per heavy atom. The van der Waals surface area contributed by atoms with Gasteiger partial charge in [0.2, 0.25) is 0 Å². The maximum atomic E-state index is 10.9. The normalized spacial score (nSPS) is 11.2. The summed E-state index contributed by atoms with van der Waals surface area (Å²) in [5.74, 6) is 0. The van der Waals surface area contributed by atoms with Crippen LogP contribution in [0.5, 0.6) is 0 Å². The van der Waals surface area contributed by atoms with Gasteiger partial charge >= 0.3 is 0 Å². The number of hydrogen-bond acceptors (Lipinski definition) is 2. The molecule has 0 aromatic heterocycles. The predicted molar refractivity (Wildman–Crippen MR) is 68.9 cm³/mol. The van der Waals surface area contributed by atoms with Crippen molar-refractivity contribution in [1.29, 1.82) is 0 Å². The second-order valence-electron chi connectivity index (χ2n) is 4.98. The Bertz CT molecular complexity index is 340. The molecule has 88 valence electrons. The first kappa shape index (κ1) is 12.8. The number of aryl methyl sites for hydroxylation is 1. The number of aldehydes is 1. The number of nitrogens with zero attached hydrogens (tertiary/aromatic N) is 1. The number of rotatable bonds is 5. The lowest BCUT2D eigenvalue weighted by Crippen LogP contribution is -2.32. The van der Waals surface area contributed by atoms with Crippen LogP contribution in [0.15, 0.2) is 24.3 Å². The van der Waals surface area contributed by atoms with Crippen LogP contribution < -0.4 is 4.90 Å². The molecule has 0 aliphatic carbocycles. The summed E-state index contributed by atoms with van der Waals surface area (Å²) in [6.45, 7) is 6.80. The van der Waals surface area contributed by atoms with Crippen LogP contribution in [-0.4, -0.2) is 19.9 Å². The Hall–Kier alpha value is -1.31. The second-order valence-corrected chi connectivity index (χ2v) is 4.98. The summed E-state index contributed by atoms with van der Waals surface area (Å²) in [5, 5.41) is 0. The molecule has 0 radical (unpaired) electrons. The van der Waals surface area contributed by atoms with Crippen molar-refractivity contribution in [2.75, 3.05) is 18.5 Å². The smallest absolute Gasteiger partial charge is 0.127 e. The molecule has 0 amide bonds. The van der Waals surface area contributed by atoms with Gasteiger partial charge in [-0.05, 0) is 24.1 Å². The number of carbonyl (C=O) groups excluding carboxylic acids is 1. The van der Waals surface area contributed by atoms with Gasteiger partial charge in [-0.2, -0.15) is 0 Å². The van der Waals surface area contributed by atoms with Crippen LogP contribution in [0.4, 0.5) is 5.69 Å². The summed E-state index contributed by atoms with van der Waals surface area (Å²) in [6, 6.07) is 8.50. The van der Waals surface area contributed by atoms with Gasteiger partial charge in [0.15, 0.2) is 0 Å². The Kier molecular flexibility index (Phi) is 4.11. The summed E-state index contributed by atoms with van der Waals surface area (Å²) in [4.78, 5) is 13.0. The zero-order valence-electron chi connectivity index (χ0n) is 10.7. The lowest BCUT2D eigenvalue weighted by Gasteiger charge is -2.27. The molecule has 1 aromatic carbocycles. The minimum Gasteiger partial charge on any atom is -0.374 e. The molecule has 1 aromatic rings. The molecule has 0 saturated heterocycles. The molecule has 1 rings (SSSR count). The average Bonchev–Trinajstić information content (AvgIpc) is 2.28. The minimum atomic E-state index is -0.293. The molecule has 16 heavy (non-hydrogen) atoms. The van der Waals surface area contributed by atoms with E-state index < -0.39 is 0 Å². The molecular formula is C14H21NO. The van der Waals surface area contributed by atoms with E-state index in [4.69, 9.17) is 0 Å². The van der Waals surface area contributed by atoms with Crippen molar-refractivity contribution < 1.29 is 4.79 Å². The first-order valence-electron chi connectivity index (χ1n) is 5.75. The first-order valence-corrected chi connectivity index (χ1v) is 5.75. The van der Waals surface area contributed by atoms with Gasteiger partial charge in [0.05, 0.1) is 0 Å². The second kappa shape index (κ2) is 5.15. The van der Waals surface area contributed by atoms with E-state index in [1.54, 1.807) is 0 Å². The maximum absolute atomic E-state index is 10.9. The van der Waals surface area contributed by atoms with Gasteiger partial charge in [0.1, 0.15) is 6.29 Å². The zero-order chi connectivity index (χ0) is 12.2. The highest BCUT2D eigenvalue weighted by Crippen LogP contribution is 2.19. The molecule has 0 bridgehead atoms. The van der Waals surface area contributed by atoms with Gasteiger partial charge in [0.25, 0.3) is 0 Å². The molecule has 0 saturated carbocycles. The third kappa shape index (κ3) is 3.37. The van der Waals surface area contributed by atoms with Crippen LogP contribution in [0.1, 0.15) is 26.3 Å². The van der Waals surface area contributed by atoms with Crippen LogP contribution in [0.2, 0.25) is 0 Å². The van der Waals surface area contributed by atoms with E-state index in [2.05, 4.69) is 36.1 Å². The highest BCUT2D eigenvalue weighted by molar-refractivity contribution is 5.60. The van der Waals surface area contributed by atoms with E-state index in [0.717, 1.165) is 24.9 Å². The van der Waals surface area contributed by atoms with Gasteiger partial charge in [0, 0.05) is 24.7 Å². The molecule has 0 heterocycles. The topological polar surface area (TPSA) is 20.3 Å². The van der Waals surface area contributed by atoms with Crippen molar-refractivity contribution in [2.45, 2.75) is 27.2 Å². The maximum Gasteiger partial charge on any atom is 0.127 e. The standard InChI is InChI=1S/C14H21NO/c1-5-12-6-8-13(9-7-12)15(4)10-14(2,3)11-16/h6-9,11H,5,10H2,1-4H3. The molecule has 0 aliphatic heterocycles. The fraction of sp³-hybridized carbons (Fsp3) is 0.500. The van der Waals surface area contributed by atoms with Gasteiger partial charge < -0.3 is 9.69 Å². The highest BCUT2D eigenvalue weighted by atomic mass is 16.1. The van der Waals surface area contributed by atoms with E-state index in [0.29, 0.717) is 0 Å². The molecule has 0 unspecified atom stereocenters. The number of benzene rings is 1. The fourth-order valence-electron chi connectivity index (χ4n) is 1.73. The van der Waals surface area contributed by atoms with Crippen molar-refractivity contribution in [2.24, 2.45) is 5.41 Å². The Morgan fingerprint density at radius 3 is 2.25 bits per heavy atom. The van der Waals surface area contributed by atoms with Crippen LogP contribution in [-0.2, 0) is 11.2 Å². The summed E-state index contributed by atoms with van der Waals surface area (Å²) in [6.07, 6.45) is 2.08. The Balaban J connectivity index is 2.73. The third-order valence-electron chi connectivity index (χ3n) is 2.75. The van der Waals surface area contributed by atoms with E-state index >= 15 is 0 Å². The lowest BCUT2D eigenvalue weighted by atomic mass is 9.95. The Labute approximate surface area is 98.3 Å². The van der Waals surface area contributed by atoms with E-state index in [9.17, 15) is 4.79 Å². The van der Waals surface area contributed by atoms with Crippen molar-refractivity contribution in [3.05, 3.63) is 29.8 Å². The van der Waals surface area contributed by atoms with Crippen LogP contribution >= 0.6 is 0 Å². The van der Waals surface area contributed by atoms with Crippen molar-refractivity contribution in [3.8, 4) is 0 Å². The van der Waals surface area contributed by atoms with E-state index in [1.807, 2.05) is 20.9 Å². The molecule has 0 atom stereocenters. The minimum absolute atomic E-state index is 0.293. The fourth-order valence-corrected chi connectivity index (χ4v) is 1.73. The highest BCUT2D eigenvalue weighted by Gasteiger charge is 2.19. The average molecular weight is 219 g/mol. The summed E-state index contributed by atoms with van der Waals surface area (Å²) in [7, 11) is 2.02. The molecular weight excluding hydrogens is 198 g/mol. The van der Waals surface area contributed by atoms with Crippen LogP contribution in [0.25, 0.3) is 0 Å². The number of anilines is 1. The lowest BCUT2D eigenvalue weighted by molar-refractivity contribution is -0.114. The van der Waals surface area contributed by atoms with Gasteiger partial charge in [-0.25, -0.2) is 0 Å². The van der Waals surface area contributed by atoms with Gasteiger partial charge in [-0.3, -0.25) is 0 Å². The van der Waals surface area contributed by atoms with Crippen LogP contribution in [0.3, 0.4) is 0 Å². The van der Waals surface area contributed by atoms with Gasteiger partial charge in [-0.1, -0.05) is 32.9 Å². The number of carbonyl (C=O) groups is 1. The Morgan fingerprint density at radius 1 is 1.25 bits per heavy atom. The quantitative estimate of drug-likeness (QED) is 0.710. The van der Waals surface area contributed by atoms with Crippen LogP contribution in [0, 0.1) is 5.41 Å². The molecule has 0 aliphatic rings. The van der Waals surface area contributed by atoms with Crippen molar-refractivity contribution in [1.82, 2.24) is 0 Å². The first-order chi connectivity index (χ1) is 7.48. The molecule has 0 N–H and O–H groups in total. The number of hydrogen-bond donors (Lipinski definition) is 0. The molecule has 0 fully saturated rings. The van der Waals surface area contributed by atoms with Crippen molar-refractivity contribution in [3.63, 3.8) is 0 Å². The van der Waals surface area contributed by atoms with Gasteiger partial charge in [-0.15, -0.1) is 0 Å². The zero-order valence-corrected chi connectivity index (χ0v) is 10.7. The summed E-state index contributed by atoms with van der Waals surface area (Å²) >= 11 is 0. The van der Waals surface area contributed by atoms with E-state index in [1.165, 1.54) is 5.56 Å². The predicted octanol–water partition coefficient (Wildman–Crippen LogP) is 2.91. The van der Waals surface area contributed by atoms with Crippen molar-refractivity contribution >= 4 is 12.0 Å². The van der Waals surface area contributed by atoms with E-state index in [-0.39, 0.29) is 5.41 Å². The summed E-state index contributed by atoms with van der Waals surface area (Å²) < 4.78 is 0. The largest absolute Gasteiger partial charge is 0.374 e. The SMILES string of the molecule is CCc1ccc(N(C)CC(C)(C)C=O)cc1. The third-order valence-corrected chi connectivity index (χ3v) is 2.75. The summed E-state index contributed by atoms with van der Waals surface area (Å²) in [5.41, 5.74) is 2.21. The monoisotopic (exact) mass is 219 g/mol. The molecule has 2 heteroatoms.